The molecule has 0 unspecified atom stereocenters. The number of hydrogen-bond acceptors (Lipinski definition) is 6. The van der Waals surface area contributed by atoms with Crippen LogP contribution in [0.3, 0.4) is 0 Å². The molecule has 2 fully saturated rings. The Hall–Kier alpha value is -4.31. The van der Waals surface area contributed by atoms with E-state index < -0.39 is 29.3 Å². The molecule has 0 bridgehead atoms. The molecule has 1 aliphatic carbocycles. The van der Waals surface area contributed by atoms with Gasteiger partial charge in [0.2, 0.25) is 11.8 Å². The van der Waals surface area contributed by atoms with E-state index in [4.69, 9.17) is 9.47 Å². The third kappa shape index (κ3) is 7.37. The van der Waals surface area contributed by atoms with E-state index in [9.17, 15) is 18.8 Å². The third-order valence-electron chi connectivity index (χ3n) is 7.76. The topological polar surface area (TPSA) is 110 Å². The molecule has 226 valence electrons. The Morgan fingerprint density at radius 2 is 1.95 bits per heavy atom. The highest BCUT2D eigenvalue weighted by Gasteiger charge is 2.40. The zero-order valence-electron chi connectivity index (χ0n) is 24.9. The number of carbonyl (C=O) groups is 3. The Morgan fingerprint density at radius 3 is 2.70 bits per heavy atom. The van der Waals surface area contributed by atoms with Crippen molar-refractivity contribution in [1.29, 1.82) is 0 Å². The Bertz CT molecular complexity index is 1570. The predicted molar refractivity (Wildman–Crippen MR) is 161 cm³/mol. The lowest BCUT2D eigenvalue weighted by atomic mass is 9.99. The number of pyridine rings is 1. The van der Waals surface area contributed by atoms with Gasteiger partial charge in [0.25, 0.3) is 5.91 Å². The second-order valence-corrected chi connectivity index (χ2v) is 11.7. The van der Waals surface area contributed by atoms with Crippen LogP contribution in [0.15, 0.2) is 54.6 Å². The van der Waals surface area contributed by atoms with Crippen LogP contribution < -0.4 is 15.4 Å². The van der Waals surface area contributed by atoms with Crippen molar-refractivity contribution >= 4 is 34.7 Å². The molecule has 1 aliphatic heterocycles. The summed E-state index contributed by atoms with van der Waals surface area (Å²) in [7, 11) is 1.62. The number of rotatable bonds is 9. The van der Waals surface area contributed by atoms with E-state index in [0.29, 0.717) is 16.8 Å². The van der Waals surface area contributed by atoms with Gasteiger partial charge in [-0.1, -0.05) is 24.3 Å². The minimum absolute atomic E-state index is 0.0189. The smallest absolute Gasteiger partial charge is 0.270 e. The molecular weight excluding hydrogens is 551 g/mol. The molecule has 10 heteroatoms. The van der Waals surface area contributed by atoms with E-state index in [-0.39, 0.29) is 37.3 Å². The summed E-state index contributed by atoms with van der Waals surface area (Å²) < 4.78 is 24.8. The second-order valence-electron chi connectivity index (χ2n) is 11.7. The number of nitrogens with zero attached hydrogens (tertiary/aromatic N) is 2. The summed E-state index contributed by atoms with van der Waals surface area (Å²) in [5.41, 5.74) is 1.78. The van der Waals surface area contributed by atoms with E-state index in [1.54, 1.807) is 13.2 Å². The van der Waals surface area contributed by atoms with Gasteiger partial charge in [0, 0.05) is 5.39 Å². The van der Waals surface area contributed by atoms with Gasteiger partial charge >= 0.3 is 0 Å². The van der Waals surface area contributed by atoms with Crippen LogP contribution in [0, 0.1) is 11.7 Å². The van der Waals surface area contributed by atoms with Crippen LogP contribution in [0.4, 0.5) is 4.39 Å². The standard InChI is InChI=1S/C33H37FN4O5/c1-20(26-12-11-25(42-4)16-22(26)8-7-21-5-6-21)36-32(41)29-18-43-33(2,3)19-38(29)30(39)17-35-31(40)28-13-9-23-15-24(34)10-14-27(23)37-28/h7-16,20-21,29H,5-6,17-19H2,1-4H3,(H,35,40)(H,36,41)/b8-7+/t20-,29-/m0/s1. The van der Waals surface area contributed by atoms with Gasteiger partial charge in [-0.25, -0.2) is 9.37 Å². The van der Waals surface area contributed by atoms with Gasteiger partial charge in [-0.3, -0.25) is 14.4 Å². The number of hydrogen-bond donors (Lipinski definition) is 2. The van der Waals surface area contributed by atoms with Crippen molar-refractivity contribution in [3.05, 3.63) is 77.2 Å². The van der Waals surface area contributed by atoms with Crippen LogP contribution in [0.1, 0.15) is 61.3 Å². The van der Waals surface area contributed by atoms with Crippen LogP contribution in [0.2, 0.25) is 0 Å². The minimum Gasteiger partial charge on any atom is -0.497 e. The van der Waals surface area contributed by atoms with Gasteiger partial charge in [-0.2, -0.15) is 0 Å². The van der Waals surface area contributed by atoms with Gasteiger partial charge in [0.05, 0.1) is 44.0 Å². The maximum atomic E-state index is 13.6. The lowest BCUT2D eigenvalue weighted by molar-refractivity contribution is -0.163. The average Bonchev–Trinajstić information content (AvgIpc) is 3.82. The molecule has 2 atom stereocenters. The van der Waals surface area contributed by atoms with E-state index in [2.05, 4.69) is 27.8 Å². The van der Waals surface area contributed by atoms with Crippen LogP contribution in [-0.2, 0) is 14.3 Å². The molecule has 0 spiro atoms. The number of halogens is 1. The first-order chi connectivity index (χ1) is 20.5. The highest BCUT2D eigenvalue weighted by Crippen LogP contribution is 2.32. The number of amides is 3. The molecule has 3 aromatic rings. The summed E-state index contributed by atoms with van der Waals surface area (Å²) in [4.78, 5) is 45.6. The molecule has 1 saturated heterocycles. The SMILES string of the molecule is COc1ccc([C@H](C)NC(=O)[C@@H]2COC(C)(C)CN2C(=O)CNC(=O)c2ccc3cc(F)ccc3n2)c(/C=C/C2CC2)c1. The maximum absolute atomic E-state index is 13.6. The van der Waals surface area contributed by atoms with Crippen molar-refractivity contribution in [2.24, 2.45) is 5.92 Å². The lowest BCUT2D eigenvalue weighted by Crippen LogP contribution is -2.62. The molecule has 1 aromatic heterocycles. The molecule has 2 N–H and O–H groups in total. The van der Waals surface area contributed by atoms with Crippen LogP contribution in [0.5, 0.6) is 5.75 Å². The van der Waals surface area contributed by atoms with Crippen molar-refractivity contribution in [2.45, 2.75) is 51.3 Å². The fourth-order valence-electron chi connectivity index (χ4n) is 5.14. The van der Waals surface area contributed by atoms with Crippen molar-refractivity contribution in [3.8, 4) is 5.75 Å². The zero-order chi connectivity index (χ0) is 30.7. The normalized spacial score (nSPS) is 18.8. The van der Waals surface area contributed by atoms with Gasteiger partial charge in [0.1, 0.15) is 23.3 Å². The van der Waals surface area contributed by atoms with E-state index in [0.717, 1.165) is 16.9 Å². The third-order valence-corrected chi connectivity index (χ3v) is 7.76. The van der Waals surface area contributed by atoms with Crippen LogP contribution in [0.25, 0.3) is 17.0 Å². The number of aromatic nitrogens is 1. The monoisotopic (exact) mass is 588 g/mol. The molecule has 43 heavy (non-hydrogen) atoms. The predicted octanol–water partition coefficient (Wildman–Crippen LogP) is 4.42. The number of ether oxygens (including phenoxy) is 2. The van der Waals surface area contributed by atoms with E-state index in [1.165, 1.54) is 42.0 Å². The van der Waals surface area contributed by atoms with Gasteiger partial charge in [0.15, 0.2) is 0 Å². The Morgan fingerprint density at radius 1 is 1.16 bits per heavy atom. The molecule has 0 radical (unpaired) electrons. The number of fused-ring (bicyclic) bond motifs is 1. The van der Waals surface area contributed by atoms with Gasteiger partial charge < -0.3 is 25.0 Å². The highest BCUT2D eigenvalue weighted by molar-refractivity contribution is 5.97. The molecular formula is C33H37FN4O5. The lowest BCUT2D eigenvalue weighted by Gasteiger charge is -2.43. The fourth-order valence-corrected chi connectivity index (χ4v) is 5.14. The van der Waals surface area contributed by atoms with Crippen molar-refractivity contribution in [3.63, 3.8) is 0 Å². The molecule has 2 aromatic carbocycles. The Balaban J connectivity index is 1.26. The largest absolute Gasteiger partial charge is 0.497 e. The summed E-state index contributed by atoms with van der Waals surface area (Å²) in [6.45, 7) is 5.46. The van der Waals surface area contributed by atoms with Gasteiger partial charge in [-0.05, 0) is 87.1 Å². The number of benzene rings is 2. The first-order valence-electron chi connectivity index (χ1n) is 14.5. The second kappa shape index (κ2) is 12.5. The highest BCUT2D eigenvalue weighted by atomic mass is 19.1. The quantitative estimate of drug-likeness (QED) is 0.383. The summed E-state index contributed by atoms with van der Waals surface area (Å²) in [6.07, 6.45) is 6.63. The Kier molecular flexibility index (Phi) is 8.77. The minimum atomic E-state index is -0.878. The van der Waals surface area contributed by atoms with E-state index >= 15 is 0 Å². The summed E-state index contributed by atoms with van der Waals surface area (Å²) in [5, 5.41) is 6.23. The summed E-state index contributed by atoms with van der Waals surface area (Å²) in [6, 6.07) is 11.7. The molecule has 2 heterocycles. The average molecular weight is 589 g/mol. The van der Waals surface area contributed by atoms with Crippen LogP contribution >= 0.6 is 0 Å². The van der Waals surface area contributed by atoms with Crippen molar-refractivity contribution in [2.75, 3.05) is 26.8 Å². The molecule has 9 nitrogen and oxygen atoms in total. The molecule has 5 rings (SSSR count). The maximum Gasteiger partial charge on any atom is 0.270 e. The van der Waals surface area contributed by atoms with Crippen LogP contribution in [-0.4, -0.2) is 66.1 Å². The number of morpholine rings is 1. The number of methoxy groups -OCH3 is 1. The van der Waals surface area contributed by atoms with Crippen molar-refractivity contribution in [1.82, 2.24) is 20.5 Å². The summed E-state index contributed by atoms with van der Waals surface area (Å²) in [5.74, 6) is -0.390. The summed E-state index contributed by atoms with van der Waals surface area (Å²) >= 11 is 0. The fraction of sp³-hybridized carbons (Fsp3) is 0.394. The molecule has 3 amide bonds. The van der Waals surface area contributed by atoms with Gasteiger partial charge in [-0.15, -0.1) is 0 Å². The van der Waals surface area contributed by atoms with E-state index in [1.807, 2.05) is 39.0 Å². The van der Waals surface area contributed by atoms with Crippen molar-refractivity contribution < 1.29 is 28.2 Å². The number of nitrogens with one attached hydrogen (secondary N) is 2. The first-order valence-corrected chi connectivity index (χ1v) is 14.5. The number of allylic oxidation sites excluding steroid dienone is 1. The number of carbonyl (C=O) groups excluding carboxylic acids is 3. The zero-order valence-corrected chi connectivity index (χ0v) is 24.9. The first kappa shape index (κ1) is 30.2. The molecule has 1 saturated carbocycles. The molecule has 2 aliphatic rings. The Labute approximate surface area is 250 Å².